The molecule has 0 aliphatic rings. The van der Waals surface area contributed by atoms with Crippen molar-refractivity contribution in [3.63, 3.8) is 0 Å². The zero-order valence-electron chi connectivity index (χ0n) is 10.3. The summed E-state index contributed by atoms with van der Waals surface area (Å²) in [4.78, 5) is 32.7. The third kappa shape index (κ3) is 3.99. The molecule has 0 heterocycles. The Morgan fingerprint density at radius 1 is 1.50 bits per heavy atom. The van der Waals surface area contributed by atoms with Crippen molar-refractivity contribution in [2.24, 2.45) is 0 Å². The molecule has 20 heavy (non-hydrogen) atoms. The zero-order chi connectivity index (χ0) is 15.1. The van der Waals surface area contributed by atoms with Crippen LogP contribution < -0.4 is 11.1 Å². The molecule has 8 heteroatoms. The number of anilines is 1. The van der Waals surface area contributed by atoms with Crippen LogP contribution in [0.5, 0.6) is 0 Å². The number of nitrogens with zero attached hydrogens (tertiary/aromatic N) is 1. The highest BCUT2D eigenvalue weighted by Crippen LogP contribution is 2.22. The largest absolute Gasteiger partial charge is 0.452 e. The van der Waals surface area contributed by atoms with E-state index in [0.29, 0.717) is 0 Å². The van der Waals surface area contributed by atoms with E-state index in [1.165, 1.54) is 12.1 Å². The molecule has 0 bridgehead atoms. The van der Waals surface area contributed by atoms with E-state index in [9.17, 15) is 19.7 Å². The molecule has 104 valence electrons. The second-order valence-corrected chi connectivity index (χ2v) is 3.59. The lowest BCUT2D eigenvalue weighted by molar-refractivity contribution is -0.383. The zero-order valence-corrected chi connectivity index (χ0v) is 10.3. The van der Waals surface area contributed by atoms with E-state index < -0.39 is 29.1 Å². The number of nitrogens with two attached hydrogens (primary N) is 1. The molecule has 0 atom stereocenters. The summed E-state index contributed by atoms with van der Waals surface area (Å²) >= 11 is 0. The molecule has 1 aromatic carbocycles. The number of esters is 1. The molecule has 0 radical (unpaired) electrons. The summed E-state index contributed by atoms with van der Waals surface area (Å²) in [5.41, 5.74) is 4.84. The number of hydrogen-bond donors (Lipinski definition) is 2. The van der Waals surface area contributed by atoms with Crippen molar-refractivity contribution < 1.29 is 19.2 Å². The van der Waals surface area contributed by atoms with E-state index in [-0.39, 0.29) is 17.8 Å². The van der Waals surface area contributed by atoms with Gasteiger partial charge in [-0.05, 0) is 12.1 Å². The predicted molar refractivity (Wildman–Crippen MR) is 69.6 cm³/mol. The second-order valence-electron chi connectivity index (χ2n) is 3.59. The third-order valence-corrected chi connectivity index (χ3v) is 2.18. The highest BCUT2D eigenvalue weighted by atomic mass is 16.6. The molecule has 0 saturated heterocycles. The Morgan fingerprint density at radius 2 is 2.20 bits per heavy atom. The maximum atomic E-state index is 11.6. The molecule has 8 nitrogen and oxygen atoms in total. The van der Waals surface area contributed by atoms with Crippen molar-refractivity contribution in [2.45, 2.75) is 0 Å². The van der Waals surface area contributed by atoms with E-state index >= 15 is 0 Å². The van der Waals surface area contributed by atoms with E-state index in [1.54, 1.807) is 0 Å². The van der Waals surface area contributed by atoms with Gasteiger partial charge in [-0.2, -0.15) is 0 Å². The molecule has 1 aromatic rings. The third-order valence-electron chi connectivity index (χ3n) is 2.18. The fraction of sp³-hybridized carbons (Fsp3) is 0.167. The molecule has 1 amide bonds. The van der Waals surface area contributed by atoms with Gasteiger partial charge in [0, 0.05) is 6.07 Å². The first-order valence-corrected chi connectivity index (χ1v) is 5.37. The van der Waals surface area contributed by atoms with Crippen LogP contribution >= 0.6 is 0 Å². The Balaban J connectivity index is 2.69. The van der Waals surface area contributed by atoms with Crippen molar-refractivity contribution in [1.29, 1.82) is 0 Å². The first-order valence-electron chi connectivity index (χ1n) is 5.37. The predicted octanol–water partition coefficient (Wildman–Crippen LogP) is 0.0832. The molecule has 3 N–H and O–H groups in total. The number of nitro benzene ring substituents is 1. The number of ether oxygens (including phenoxy) is 1. The van der Waals surface area contributed by atoms with E-state index in [0.717, 1.165) is 6.07 Å². The van der Waals surface area contributed by atoms with Crippen LogP contribution in [0.2, 0.25) is 0 Å². The first-order chi connectivity index (χ1) is 9.45. The van der Waals surface area contributed by atoms with Crippen LogP contribution in [0.25, 0.3) is 0 Å². The minimum Gasteiger partial charge on any atom is -0.452 e. The van der Waals surface area contributed by atoms with E-state index in [1.807, 2.05) is 0 Å². The number of rotatable bonds is 5. The monoisotopic (exact) mass is 277 g/mol. The minimum atomic E-state index is -0.871. The van der Waals surface area contributed by atoms with Crippen molar-refractivity contribution in [3.05, 3.63) is 33.9 Å². The van der Waals surface area contributed by atoms with Gasteiger partial charge in [0.1, 0.15) is 5.69 Å². The molecular weight excluding hydrogens is 266 g/mol. The molecule has 0 aromatic heterocycles. The maximum absolute atomic E-state index is 11.6. The molecule has 1 rings (SSSR count). The minimum absolute atomic E-state index is 0.0176. The number of carbonyl (C=O) groups is 2. The lowest BCUT2D eigenvalue weighted by Crippen LogP contribution is -2.29. The van der Waals surface area contributed by atoms with Gasteiger partial charge >= 0.3 is 5.97 Å². The lowest BCUT2D eigenvalue weighted by Gasteiger charge is -2.05. The van der Waals surface area contributed by atoms with Crippen molar-refractivity contribution in [2.75, 3.05) is 18.9 Å². The molecule has 0 aliphatic carbocycles. The molecule has 0 spiro atoms. The normalized spacial score (nSPS) is 9.35. The molecule has 0 fully saturated rings. The van der Waals surface area contributed by atoms with Gasteiger partial charge in [0.2, 0.25) is 0 Å². The van der Waals surface area contributed by atoms with Crippen LogP contribution in [0.4, 0.5) is 11.4 Å². The summed E-state index contributed by atoms with van der Waals surface area (Å²) in [6.45, 7) is -0.511. The SMILES string of the molecule is C#CCNC(=O)COC(=O)c1ccc(N)c([N+](=O)[O-])c1. The van der Waals surface area contributed by atoms with Gasteiger partial charge < -0.3 is 15.8 Å². The summed E-state index contributed by atoms with van der Waals surface area (Å²) in [6.07, 6.45) is 4.93. The topological polar surface area (TPSA) is 125 Å². The Labute approximate surface area is 114 Å². The van der Waals surface area contributed by atoms with Crippen LogP contribution in [0.15, 0.2) is 18.2 Å². The average Bonchev–Trinajstić information content (AvgIpc) is 2.42. The first kappa shape index (κ1) is 15.0. The van der Waals surface area contributed by atoms with Gasteiger partial charge in [-0.1, -0.05) is 5.92 Å². The summed E-state index contributed by atoms with van der Waals surface area (Å²) in [5, 5.41) is 13.0. The Hall–Kier alpha value is -3.08. The number of nitrogen functional groups attached to an aromatic ring is 1. The molecule has 0 aliphatic heterocycles. The van der Waals surface area contributed by atoms with Crippen molar-refractivity contribution in [3.8, 4) is 12.3 Å². The van der Waals surface area contributed by atoms with Gasteiger partial charge in [-0.15, -0.1) is 6.42 Å². The number of nitrogens with one attached hydrogen (secondary N) is 1. The highest BCUT2D eigenvalue weighted by Gasteiger charge is 2.17. The summed E-state index contributed by atoms with van der Waals surface area (Å²) in [6, 6.07) is 3.47. The van der Waals surface area contributed by atoms with Gasteiger partial charge in [0.25, 0.3) is 11.6 Å². The lowest BCUT2D eigenvalue weighted by atomic mass is 10.2. The summed E-state index contributed by atoms with van der Waals surface area (Å²) < 4.78 is 4.68. The smallest absolute Gasteiger partial charge is 0.338 e. The van der Waals surface area contributed by atoms with Crippen molar-refractivity contribution in [1.82, 2.24) is 5.32 Å². The highest BCUT2D eigenvalue weighted by molar-refractivity contribution is 5.92. The van der Waals surface area contributed by atoms with Gasteiger partial charge in [-0.25, -0.2) is 4.79 Å². The summed E-state index contributed by atoms with van der Waals surface area (Å²) in [7, 11) is 0. The van der Waals surface area contributed by atoms with Crippen molar-refractivity contribution >= 4 is 23.3 Å². The fourth-order valence-electron chi connectivity index (χ4n) is 1.24. The number of benzene rings is 1. The molecular formula is C12H11N3O5. The fourth-order valence-corrected chi connectivity index (χ4v) is 1.24. The van der Waals surface area contributed by atoms with Gasteiger partial charge in [0.05, 0.1) is 17.0 Å². The number of terminal acetylenes is 1. The standard InChI is InChI=1S/C12H11N3O5/c1-2-5-14-11(16)7-20-12(17)8-3-4-9(13)10(6-8)15(18)19/h1,3-4,6H,5,7,13H2,(H,14,16). The number of amides is 1. The van der Waals surface area contributed by atoms with Crippen LogP contribution in [0, 0.1) is 22.5 Å². The summed E-state index contributed by atoms with van der Waals surface area (Å²) in [5.74, 6) is 0.743. The van der Waals surface area contributed by atoms with Crippen LogP contribution in [-0.2, 0) is 9.53 Å². The van der Waals surface area contributed by atoms with E-state index in [4.69, 9.17) is 12.2 Å². The Bertz CT molecular complexity index is 591. The number of nitro groups is 1. The van der Waals surface area contributed by atoms with Crippen LogP contribution in [-0.4, -0.2) is 30.0 Å². The number of hydrogen-bond acceptors (Lipinski definition) is 6. The average molecular weight is 277 g/mol. The van der Waals surface area contributed by atoms with E-state index in [2.05, 4.69) is 16.0 Å². The second kappa shape index (κ2) is 6.75. The maximum Gasteiger partial charge on any atom is 0.338 e. The van der Waals surface area contributed by atoms with Gasteiger partial charge in [-0.3, -0.25) is 14.9 Å². The Morgan fingerprint density at radius 3 is 2.80 bits per heavy atom. The molecule has 0 saturated carbocycles. The van der Waals surface area contributed by atoms with Crippen LogP contribution in [0.3, 0.4) is 0 Å². The quantitative estimate of drug-likeness (QED) is 0.258. The van der Waals surface area contributed by atoms with Crippen LogP contribution in [0.1, 0.15) is 10.4 Å². The Kier molecular flexibility index (Phi) is 5.05. The molecule has 0 unspecified atom stereocenters. The number of carbonyl (C=O) groups excluding carboxylic acids is 2. The van der Waals surface area contributed by atoms with Gasteiger partial charge in [0.15, 0.2) is 6.61 Å².